The van der Waals surface area contributed by atoms with Gasteiger partial charge >= 0.3 is 6.18 Å². The van der Waals surface area contributed by atoms with Crippen molar-refractivity contribution in [3.05, 3.63) is 52.7 Å². The zero-order valence-electron chi connectivity index (χ0n) is 11.5. The minimum Gasteiger partial charge on any atom is -0.340 e. The Morgan fingerprint density at radius 3 is 2.24 bits per heavy atom. The SMILES string of the molecule is CC(C)c1ccc(Nc2cc(C(F)(F)F)cc(Cl)n2)cc1. The molecule has 2 aromatic rings. The summed E-state index contributed by atoms with van der Waals surface area (Å²) in [6, 6.07) is 9.16. The summed E-state index contributed by atoms with van der Waals surface area (Å²) >= 11 is 5.64. The lowest BCUT2D eigenvalue weighted by molar-refractivity contribution is -0.137. The first-order valence-electron chi connectivity index (χ1n) is 6.37. The number of rotatable bonds is 3. The van der Waals surface area contributed by atoms with Crippen molar-refractivity contribution in [3.63, 3.8) is 0 Å². The molecule has 0 aliphatic carbocycles. The molecule has 1 heterocycles. The van der Waals surface area contributed by atoms with Gasteiger partial charge in [-0.25, -0.2) is 4.98 Å². The van der Waals surface area contributed by atoms with Crippen LogP contribution >= 0.6 is 11.6 Å². The van der Waals surface area contributed by atoms with Crippen molar-refractivity contribution in [2.45, 2.75) is 25.9 Å². The molecule has 2 rings (SSSR count). The third-order valence-electron chi connectivity index (χ3n) is 2.97. The van der Waals surface area contributed by atoms with E-state index in [1.165, 1.54) is 0 Å². The maximum atomic E-state index is 12.7. The molecule has 0 amide bonds. The van der Waals surface area contributed by atoms with E-state index in [4.69, 9.17) is 11.6 Å². The van der Waals surface area contributed by atoms with Gasteiger partial charge in [-0.1, -0.05) is 37.6 Å². The molecule has 0 radical (unpaired) electrons. The molecule has 0 atom stereocenters. The topological polar surface area (TPSA) is 24.9 Å². The molecular weight excluding hydrogens is 301 g/mol. The van der Waals surface area contributed by atoms with Crippen molar-refractivity contribution in [2.24, 2.45) is 0 Å². The first-order valence-corrected chi connectivity index (χ1v) is 6.75. The van der Waals surface area contributed by atoms with Crippen molar-refractivity contribution in [1.82, 2.24) is 4.98 Å². The predicted molar refractivity (Wildman–Crippen MR) is 78.1 cm³/mol. The monoisotopic (exact) mass is 314 g/mol. The number of nitrogens with zero attached hydrogens (tertiary/aromatic N) is 1. The lowest BCUT2D eigenvalue weighted by Crippen LogP contribution is -2.06. The lowest BCUT2D eigenvalue weighted by Gasteiger charge is -2.12. The summed E-state index contributed by atoms with van der Waals surface area (Å²) in [6.07, 6.45) is -4.45. The van der Waals surface area contributed by atoms with Gasteiger partial charge in [-0.05, 0) is 35.7 Å². The van der Waals surface area contributed by atoms with Crippen molar-refractivity contribution in [3.8, 4) is 0 Å². The van der Waals surface area contributed by atoms with Crippen LogP contribution in [0.2, 0.25) is 5.15 Å². The molecule has 1 N–H and O–H groups in total. The summed E-state index contributed by atoms with van der Waals surface area (Å²) in [7, 11) is 0. The molecule has 0 aliphatic heterocycles. The fourth-order valence-corrected chi connectivity index (χ4v) is 2.03. The maximum absolute atomic E-state index is 12.7. The van der Waals surface area contributed by atoms with Gasteiger partial charge in [-0.15, -0.1) is 0 Å². The van der Waals surface area contributed by atoms with Gasteiger partial charge in [0, 0.05) is 5.69 Å². The number of benzene rings is 1. The second-order valence-electron chi connectivity index (χ2n) is 4.96. The highest BCUT2D eigenvalue weighted by Crippen LogP contribution is 2.32. The zero-order valence-corrected chi connectivity index (χ0v) is 12.3. The van der Waals surface area contributed by atoms with Gasteiger partial charge in [-0.2, -0.15) is 13.2 Å². The van der Waals surface area contributed by atoms with Gasteiger partial charge in [0.1, 0.15) is 11.0 Å². The largest absolute Gasteiger partial charge is 0.416 e. The first-order chi connectivity index (χ1) is 9.75. The predicted octanol–water partition coefficient (Wildman–Crippen LogP) is 5.62. The van der Waals surface area contributed by atoms with Gasteiger partial charge in [-0.3, -0.25) is 0 Å². The number of nitrogens with one attached hydrogen (secondary N) is 1. The van der Waals surface area contributed by atoms with Crippen LogP contribution < -0.4 is 5.32 Å². The normalized spacial score (nSPS) is 11.8. The second kappa shape index (κ2) is 5.93. The highest BCUT2D eigenvalue weighted by atomic mass is 35.5. The van der Waals surface area contributed by atoms with Crippen LogP contribution in [0.5, 0.6) is 0 Å². The van der Waals surface area contributed by atoms with Gasteiger partial charge in [0.25, 0.3) is 0 Å². The van der Waals surface area contributed by atoms with Gasteiger partial charge in [0.05, 0.1) is 5.56 Å². The third-order valence-corrected chi connectivity index (χ3v) is 3.16. The Labute approximate surface area is 126 Å². The summed E-state index contributed by atoms with van der Waals surface area (Å²) in [4.78, 5) is 3.85. The Hall–Kier alpha value is -1.75. The Bertz CT molecular complexity index is 622. The minimum atomic E-state index is -4.45. The molecule has 0 fully saturated rings. The third kappa shape index (κ3) is 4.11. The fraction of sp³-hybridized carbons (Fsp3) is 0.267. The molecule has 0 spiro atoms. The van der Waals surface area contributed by atoms with Crippen LogP contribution in [0.25, 0.3) is 0 Å². The van der Waals surface area contributed by atoms with Crippen molar-refractivity contribution in [1.29, 1.82) is 0 Å². The first kappa shape index (κ1) is 15.6. The Morgan fingerprint density at radius 1 is 1.10 bits per heavy atom. The summed E-state index contributed by atoms with van der Waals surface area (Å²) in [6.45, 7) is 4.13. The van der Waals surface area contributed by atoms with Crippen LogP contribution in [-0.4, -0.2) is 4.98 Å². The number of hydrogen-bond acceptors (Lipinski definition) is 2. The van der Waals surface area contributed by atoms with Crippen LogP contribution in [0, 0.1) is 0 Å². The Kier molecular flexibility index (Phi) is 4.42. The maximum Gasteiger partial charge on any atom is 0.416 e. The Morgan fingerprint density at radius 2 is 1.71 bits per heavy atom. The number of pyridine rings is 1. The molecule has 0 aliphatic rings. The van der Waals surface area contributed by atoms with Crippen LogP contribution in [0.15, 0.2) is 36.4 Å². The van der Waals surface area contributed by atoms with Crippen LogP contribution in [0.3, 0.4) is 0 Å². The summed E-state index contributed by atoms with van der Waals surface area (Å²) in [5, 5.41) is 2.63. The van der Waals surface area contributed by atoms with E-state index >= 15 is 0 Å². The van der Waals surface area contributed by atoms with Crippen LogP contribution in [-0.2, 0) is 6.18 Å². The van der Waals surface area contributed by atoms with E-state index in [0.717, 1.165) is 17.7 Å². The summed E-state index contributed by atoms with van der Waals surface area (Å²) in [5.41, 5.74) is 0.974. The van der Waals surface area contributed by atoms with Gasteiger partial charge in [0.2, 0.25) is 0 Å². The molecule has 0 bridgehead atoms. The van der Waals surface area contributed by atoms with Crippen LogP contribution in [0.4, 0.5) is 24.7 Å². The minimum absolute atomic E-state index is 0.0621. The van der Waals surface area contributed by atoms with E-state index in [-0.39, 0.29) is 11.0 Å². The highest BCUT2D eigenvalue weighted by Gasteiger charge is 2.31. The number of hydrogen-bond donors (Lipinski definition) is 1. The average molecular weight is 315 g/mol. The highest BCUT2D eigenvalue weighted by molar-refractivity contribution is 6.29. The van der Waals surface area contributed by atoms with Gasteiger partial charge in [0.15, 0.2) is 0 Å². The molecule has 1 aromatic heterocycles. The zero-order chi connectivity index (χ0) is 15.6. The molecule has 112 valence electrons. The van der Waals surface area contributed by atoms with E-state index in [1.54, 1.807) is 12.1 Å². The van der Waals surface area contributed by atoms with Crippen molar-refractivity contribution < 1.29 is 13.2 Å². The number of aromatic nitrogens is 1. The summed E-state index contributed by atoms with van der Waals surface area (Å²) < 4.78 is 38.1. The number of alkyl halides is 3. The van der Waals surface area contributed by atoms with E-state index in [2.05, 4.69) is 24.1 Å². The summed E-state index contributed by atoms with van der Waals surface area (Å²) in [5.74, 6) is 0.451. The van der Waals surface area contributed by atoms with Crippen molar-refractivity contribution >= 4 is 23.1 Å². The number of anilines is 2. The molecule has 21 heavy (non-hydrogen) atoms. The van der Waals surface area contributed by atoms with Gasteiger partial charge < -0.3 is 5.32 Å². The van der Waals surface area contributed by atoms with E-state index in [1.807, 2.05) is 12.1 Å². The van der Waals surface area contributed by atoms with E-state index in [0.29, 0.717) is 11.6 Å². The molecular formula is C15H14ClF3N2. The van der Waals surface area contributed by atoms with E-state index in [9.17, 15) is 13.2 Å². The van der Waals surface area contributed by atoms with Crippen molar-refractivity contribution in [2.75, 3.05) is 5.32 Å². The van der Waals surface area contributed by atoms with E-state index < -0.39 is 11.7 Å². The quantitative estimate of drug-likeness (QED) is 0.744. The molecule has 0 saturated carbocycles. The standard InChI is InChI=1S/C15H14ClF3N2/c1-9(2)10-3-5-12(6-4-10)20-14-8-11(15(17,18)19)7-13(16)21-14/h3-9H,1-2H3,(H,20,21). The fourth-order valence-electron chi connectivity index (χ4n) is 1.82. The second-order valence-corrected chi connectivity index (χ2v) is 5.35. The molecule has 0 saturated heterocycles. The smallest absolute Gasteiger partial charge is 0.340 e. The molecule has 2 nitrogen and oxygen atoms in total. The molecule has 0 unspecified atom stereocenters. The lowest BCUT2D eigenvalue weighted by atomic mass is 10.0. The number of halogens is 4. The molecule has 6 heteroatoms. The molecule has 1 aromatic carbocycles. The average Bonchev–Trinajstić information content (AvgIpc) is 2.37. The van der Waals surface area contributed by atoms with Crippen LogP contribution in [0.1, 0.15) is 30.9 Å². The Balaban J connectivity index is 2.25.